The van der Waals surface area contributed by atoms with Crippen molar-refractivity contribution in [3.63, 3.8) is 0 Å². The topological polar surface area (TPSA) is 25.2 Å². The maximum Gasteiger partial charge on any atom is 0.179 e. The Morgan fingerprint density at radius 1 is 1.00 bits per heavy atom. The van der Waals surface area contributed by atoms with Crippen LogP contribution in [0.3, 0.4) is 0 Å². The lowest BCUT2D eigenvalue weighted by Gasteiger charge is -2.25. The van der Waals surface area contributed by atoms with E-state index in [9.17, 15) is 4.79 Å². The van der Waals surface area contributed by atoms with Crippen molar-refractivity contribution in [3.8, 4) is 5.69 Å². The number of fused-ring (bicyclic) bond motifs is 1. The molecule has 0 unspecified atom stereocenters. The number of hydrogen-bond donors (Lipinski definition) is 0. The number of halogens is 1. The lowest BCUT2D eigenvalue weighted by molar-refractivity contribution is 0.0916. The third kappa shape index (κ3) is 3.54. The molecule has 0 bridgehead atoms. The van der Waals surface area contributed by atoms with E-state index in [2.05, 4.69) is 34.6 Å². The number of piperidine rings is 1. The highest BCUT2D eigenvalue weighted by atomic mass is 35.5. The fourth-order valence-corrected chi connectivity index (χ4v) is 4.33. The molecule has 2 aromatic carbocycles. The molecule has 0 radical (unpaired) electrons. The lowest BCUT2D eigenvalue weighted by atomic mass is 10.0. The monoisotopic (exact) mass is 380 g/mol. The normalized spacial score (nSPS) is 15.4. The summed E-state index contributed by atoms with van der Waals surface area (Å²) in [6.07, 6.45) is 3.66. The molecule has 0 N–H and O–H groups in total. The van der Waals surface area contributed by atoms with Crippen LogP contribution in [0.5, 0.6) is 0 Å². The van der Waals surface area contributed by atoms with E-state index in [-0.39, 0.29) is 5.78 Å². The van der Waals surface area contributed by atoms with Gasteiger partial charge in [-0.25, -0.2) is 0 Å². The molecule has 0 aliphatic carbocycles. The molecule has 1 aliphatic heterocycles. The first-order valence-electron chi connectivity index (χ1n) is 9.68. The number of carbonyl (C=O) groups excluding carboxylic acids is 1. The van der Waals surface area contributed by atoms with Gasteiger partial charge in [0.2, 0.25) is 0 Å². The quantitative estimate of drug-likeness (QED) is 0.553. The fourth-order valence-electron chi connectivity index (χ4n) is 4.21. The summed E-state index contributed by atoms with van der Waals surface area (Å²) in [6.45, 7) is 6.69. The average molecular weight is 381 g/mol. The van der Waals surface area contributed by atoms with Gasteiger partial charge in [-0.2, -0.15) is 0 Å². The molecule has 4 heteroatoms. The second-order valence-corrected chi connectivity index (χ2v) is 7.99. The van der Waals surface area contributed by atoms with Crippen LogP contribution in [0.2, 0.25) is 5.02 Å². The first kappa shape index (κ1) is 18.3. The van der Waals surface area contributed by atoms with Gasteiger partial charge in [0.25, 0.3) is 0 Å². The molecule has 1 fully saturated rings. The fraction of sp³-hybridized carbons (Fsp3) is 0.348. The Labute approximate surface area is 165 Å². The molecule has 140 valence electrons. The second-order valence-electron chi connectivity index (χ2n) is 7.55. The minimum Gasteiger partial charge on any atom is -0.313 e. The van der Waals surface area contributed by atoms with E-state index >= 15 is 0 Å². The highest BCUT2D eigenvalue weighted by molar-refractivity contribution is 6.30. The molecule has 3 nitrogen and oxygen atoms in total. The van der Waals surface area contributed by atoms with E-state index < -0.39 is 0 Å². The van der Waals surface area contributed by atoms with E-state index in [1.54, 1.807) is 0 Å². The summed E-state index contributed by atoms with van der Waals surface area (Å²) in [5, 5.41) is 1.76. The zero-order valence-electron chi connectivity index (χ0n) is 16.0. The number of Topliss-reactive ketones (excluding diaryl/α,β-unsaturated/α-hetero) is 1. The molecular weight excluding hydrogens is 356 g/mol. The van der Waals surface area contributed by atoms with Gasteiger partial charge < -0.3 is 4.57 Å². The van der Waals surface area contributed by atoms with E-state index in [0.29, 0.717) is 11.6 Å². The number of benzene rings is 2. The van der Waals surface area contributed by atoms with Crippen molar-refractivity contribution in [2.75, 3.05) is 19.6 Å². The molecule has 0 saturated carbocycles. The number of likely N-dealkylation sites (tertiary alicyclic amines) is 1. The van der Waals surface area contributed by atoms with Crippen LogP contribution in [0.4, 0.5) is 0 Å². The van der Waals surface area contributed by atoms with E-state index in [1.165, 1.54) is 24.8 Å². The Balaban J connectivity index is 1.82. The van der Waals surface area contributed by atoms with Crippen molar-refractivity contribution < 1.29 is 4.79 Å². The van der Waals surface area contributed by atoms with Crippen molar-refractivity contribution in [2.24, 2.45) is 0 Å². The Morgan fingerprint density at radius 2 is 1.70 bits per heavy atom. The molecule has 3 aromatic rings. The first-order chi connectivity index (χ1) is 13.0. The number of nitrogens with zero attached hydrogens (tertiary/aromatic N) is 2. The largest absolute Gasteiger partial charge is 0.313 e. The van der Waals surface area contributed by atoms with Crippen LogP contribution in [0.1, 0.15) is 40.9 Å². The molecule has 0 atom stereocenters. The van der Waals surface area contributed by atoms with E-state index in [0.717, 1.165) is 40.9 Å². The molecule has 1 saturated heterocycles. The van der Waals surface area contributed by atoms with Crippen molar-refractivity contribution >= 4 is 28.3 Å². The zero-order chi connectivity index (χ0) is 19.0. The maximum atomic E-state index is 13.3. The number of ketones is 1. The molecule has 0 spiro atoms. The summed E-state index contributed by atoms with van der Waals surface area (Å²) in [4.78, 5) is 15.6. The number of rotatable bonds is 4. The summed E-state index contributed by atoms with van der Waals surface area (Å²) in [7, 11) is 0. The average Bonchev–Trinajstić information content (AvgIpc) is 2.94. The highest BCUT2D eigenvalue weighted by Crippen LogP contribution is 2.31. The van der Waals surface area contributed by atoms with Gasteiger partial charge in [0.15, 0.2) is 5.78 Å². The summed E-state index contributed by atoms with van der Waals surface area (Å²) in [5.74, 6) is 0.220. The molecular formula is C23H25ClN2O. The molecule has 1 aromatic heterocycles. The standard InChI is InChI=1S/C23H25ClN2O/c1-16-6-11-21-20(14-16)23(22(27)15-25-12-4-3-5-13-25)17(2)26(21)19-9-7-18(24)8-10-19/h6-11,14H,3-5,12-13,15H2,1-2H3. The van der Waals surface area contributed by atoms with Crippen LogP contribution in [0.25, 0.3) is 16.6 Å². The summed E-state index contributed by atoms with van der Waals surface area (Å²) < 4.78 is 2.18. The van der Waals surface area contributed by atoms with Gasteiger partial charge in [-0.15, -0.1) is 0 Å². The predicted molar refractivity (Wildman–Crippen MR) is 112 cm³/mol. The second kappa shape index (κ2) is 7.49. The molecule has 27 heavy (non-hydrogen) atoms. The zero-order valence-corrected chi connectivity index (χ0v) is 16.7. The summed E-state index contributed by atoms with van der Waals surface area (Å²) in [6, 6.07) is 14.2. The Morgan fingerprint density at radius 3 is 2.41 bits per heavy atom. The van der Waals surface area contributed by atoms with Crippen molar-refractivity contribution in [3.05, 3.63) is 64.3 Å². The third-order valence-electron chi connectivity index (χ3n) is 5.54. The predicted octanol–water partition coefficient (Wildman–Crippen LogP) is 5.57. The van der Waals surface area contributed by atoms with E-state index in [4.69, 9.17) is 11.6 Å². The third-order valence-corrected chi connectivity index (χ3v) is 5.79. The minimum absolute atomic E-state index is 0.220. The smallest absolute Gasteiger partial charge is 0.179 e. The molecule has 4 rings (SSSR count). The molecule has 2 heterocycles. The lowest BCUT2D eigenvalue weighted by Crippen LogP contribution is -2.34. The van der Waals surface area contributed by atoms with Crippen molar-refractivity contribution in [1.82, 2.24) is 9.47 Å². The van der Waals surface area contributed by atoms with Crippen LogP contribution in [0, 0.1) is 13.8 Å². The van der Waals surface area contributed by atoms with Crippen LogP contribution in [0.15, 0.2) is 42.5 Å². The van der Waals surface area contributed by atoms with Gasteiger partial charge in [-0.1, -0.05) is 29.7 Å². The summed E-state index contributed by atoms with van der Waals surface area (Å²) in [5.41, 5.74) is 5.13. The van der Waals surface area contributed by atoms with E-state index in [1.807, 2.05) is 31.2 Å². The number of hydrogen-bond acceptors (Lipinski definition) is 2. The first-order valence-corrected chi connectivity index (χ1v) is 10.1. The van der Waals surface area contributed by atoms with Gasteiger partial charge in [0, 0.05) is 27.4 Å². The number of carbonyl (C=O) groups is 1. The van der Waals surface area contributed by atoms with Gasteiger partial charge >= 0.3 is 0 Å². The Kier molecular flexibility index (Phi) is 5.07. The minimum atomic E-state index is 0.220. The van der Waals surface area contributed by atoms with Crippen LogP contribution < -0.4 is 0 Å². The highest BCUT2D eigenvalue weighted by Gasteiger charge is 2.23. The van der Waals surface area contributed by atoms with Crippen molar-refractivity contribution in [1.29, 1.82) is 0 Å². The van der Waals surface area contributed by atoms with Crippen LogP contribution in [-0.2, 0) is 0 Å². The number of aryl methyl sites for hydroxylation is 1. The van der Waals surface area contributed by atoms with Gasteiger partial charge in [-0.05, 0) is 76.2 Å². The van der Waals surface area contributed by atoms with Gasteiger partial charge in [0.1, 0.15) is 0 Å². The molecule has 0 amide bonds. The molecule has 1 aliphatic rings. The SMILES string of the molecule is Cc1ccc2c(c1)c(C(=O)CN1CCCCC1)c(C)n2-c1ccc(Cl)cc1. The Hall–Kier alpha value is -2.10. The number of aromatic nitrogens is 1. The van der Waals surface area contributed by atoms with Crippen LogP contribution in [-0.4, -0.2) is 34.9 Å². The van der Waals surface area contributed by atoms with Crippen molar-refractivity contribution in [2.45, 2.75) is 33.1 Å². The Bertz CT molecular complexity index is 982. The maximum absolute atomic E-state index is 13.3. The van der Waals surface area contributed by atoms with Gasteiger partial charge in [-0.3, -0.25) is 9.69 Å². The van der Waals surface area contributed by atoms with Gasteiger partial charge in [0.05, 0.1) is 12.1 Å². The van der Waals surface area contributed by atoms with Crippen LogP contribution >= 0.6 is 11.6 Å². The summed E-state index contributed by atoms with van der Waals surface area (Å²) >= 11 is 6.07.